The van der Waals surface area contributed by atoms with Gasteiger partial charge in [-0.05, 0) is 31.5 Å². The summed E-state index contributed by atoms with van der Waals surface area (Å²) in [5.41, 5.74) is 4.73. The Kier molecular flexibility index (Phi) is 4.96. The predicted molar refractivity (Wildman–Crippen MR) is 116 cm³/mol. The van der Waals surface area contributed by atoms with E-state index < -0.39 is 0 Å². The predicted octanol–water partition coefficient (Wildman–Crippen LogP) is 5.84. The van der Waals surface area contributed by atoms with Crippen LogP contribution in [0.1, 0.15) is 21.0 Å². The molecule has 6 heteroatoms. The number of aliphatic hydroxyl groups is 1. The van der Waals surface area contributed by atoms with Crippen LogP contribution in [0.5, 0.6) is 0 Å². The van der Waals surface area contributed by atoms with Crippen molar-refractivity contribution in [2.45, 2.75) is 20.4 Å². The summed E-state index contributed by atoms with van der Waals surface area (Å²) in [6.07, 6.45) is 0. The second-order valence-electron chi connectivity index (χ2n) is 6.94. The second-order valence-corrected chi connectivity index (χ2v) is 8.58. The molecule has 142 valence electrons. The zero-order valence-electron chi connectivity index (χ0n) is 15.7. The Morgan fingerprint density at radius 3 is 2.46 bits per heavy atom. The molecule has 0 saturated heterocycles. The van der Waals surface area contributed by atoms with Crippen molar-refractivity contribution in [3.63, 3.8) is 0 Å². The molecule has 1 aliphatic rings. The first kappa shape index (κ1) is 18.7. The molecule has 3 aromatic rings. The number of benzene rings is 2. The van der Waals surface area contributed by atoms with Crippen LogP contribution in [-0.2, 0) is 6.54 Å². The monoisotopic (exact) mass is 409 g/mol. The van der Waals surface area contributed by atoms with Crippen LogP contribution < -0.4 is 0 Å². The Morgan fingerprint density at radius 2 is 1.79 bits per heavy atom. The van der Waals surface area contributed by atoms with Gasteiger partial charge in [-0.3, -0.25) is 5.41 Å². The van der Waals surface area contributed by atoms with E-state index in [4.69, 9.17) is 22.0 Å². The number of hydrogen-bond acceptors (Lipinski definition) is 4. The summed E-state index contributed by atoms with van der Waals surface area (Å²) in [5, 5.41) is 20.5. The maximum absolute atomic E-state index is 10.6. The van der Waals surface area contributed by atoms with Gasteiger partial charge in [-0.2, -0.15) is 0 Å². The highest BCUT2D eigenvalue weighted by Crippen LogP contribution is 2.35. The van der Waals surface area contributed by atoms with E-state index in [-0.39, 0.29) is 5.76 Å². The van der Waals surface area contributed by atoms with Gasteiger partial charge < -0.3 is 10.0 Å². The lowest BCUT2D eigenvalue weighted by Gasteiger charge is -2.18. The molecule has 0 unspecified atom stereocenters. The number of amidine groups is 1. The molecule has 2 N–H and O–H groups in total. The van der Waals surface area contributed by atoms with Gasteiger partial charge in [-0.25, -0.2) is 4.98 Å². The molecular weight excluding hydrogens is 390 g/mol. The average molecular weight is 410 g/mol. The van der Waals surface area contributed by atoms with Gasteiger partial charge in [0.2, 0.25) is 0 Å². The highest BCUT2D eigenvalue weighted by molar-refractivity contribution is 7.13. The Labute approximate surface area is 173 Å². The number of nitrogens with zero attached hydrogens (tertiary/aromatic N) is 2. The fourth-order valence-electron chi connectivity index (χ4n) is 3.29. The third-order valence-corrected chi connectivity index (χ3v) is 6.04. The summed E-state index contributed by atoms with van der Waals surface area (Å²) in [7, 11) is 0. The number of thiazole rings is 1. The first-order valence-corrected chi connectivity index (χ1v) is 10.2. The van der Waals surface area contributed by atoms with Gasteiger partial charge in [0, 0.05) is 22.0 Å². The van der Waals surface area contributed by atoms with E-state index in [1.54, 1.807) is 0 Å². The van der Waals surface area contributed by atoms with Gasteiger partial charge >= 0.3 is 0 Å². The number of aliphatic hydroxyl groups excluding tert-OH is 1. The zero-order chi connectivity index (χ0) is 19.8. The summed E-state index contributed by atoms with van der Waals surface area (Å²) in [6, 6.07) is 15.8. The number of aromatic nitrogens is 1. The molecule has 4 nitrogen and oxygen atoms in total. The number of hydrogen-bond donors (Lipinski definition) is 2. The van der Waals surface area contributed by atoms with Gasteiger partial charge in [0.25, 0.3) is 0 Å². The zero-order valence-corrected chi connectivity index (χ0v) is 17.2. The Balaban J connectivity index is 1.59. The standard InChI is InChI=1S/C22H20ClN3OS/c1-13-3-7-16(8-4-13)20-14(2)28-22(25-20)19-18(27)12-26(21(19)24)11-15-5-9-17(23)10-6-15/h3-10,24,27H,11-12H2,1-2H3. The van der Waals surface area contributed by atoms with Gasteiger partial charge in [-0.15, -0.1) is 11.3 Å². The van der Waals surface area contributed by atoms with Crippen LogP contribution in [0.15, 0.2) is 54.3 Å². The normalized spacial score (nSPS) is 14.2. The second kappa shape index (κ2) is 7.41. The van der Waals surface area contributed by atoms with Crippen molar-refractivity contribution in [2.24, 2.45) is 0 Å². The Bertz CT molecular complexity index is 1070. The van der Waals surface area contributed by atoms with Crippen LogP contribution in [0.4, 0.5) is 0 Å². The molecule has 0 bridgehead atoms. The van der Waals surface area contributed by atoms with E-state index in [1.165, 1.54) is 16.9 Å². The molecule has 1 aromatic heterocycles. The van der Waals surface area contributed by atoms with E-state index in [9.17, 15) is 5.11 Å². The van der Waals surface area contributed by atoms with Crippen molar-refractivity contribution in [3.05, 3.63) is 80.3 Å². The lowest BCUT2D eigenvalue weighted by Crippen LogP contribution is -2.25. The topological polar surface area (TPSA) is 60.2 Å². The first-order chi connectivity index (χ1) is 13.4. The molecule has 0 fully saturated rings. The van der Waals surface area contributed by atoms with E-state index in [0.717, 1.165) is 21.7 Å². The molecule has 1 aliphatic heterocycles. The van der Waals surface area contributed by atoms with Crippen LogP contribution in [0.2, 0.25) is 5.02 Å². The molecule has 0 saturated carbocycles. The van der Waals surface area contributed by atoms with Crippen LogP contribution >= 0.6 is 22.9 Å². The van der Waals surface area contributed by atoms with Crippen molar-refractivity contribution < 1.29 is 5.11 Å². The SMILES string of the molecule is Cc1ccc(-c2nc(C3=C(O)CN(Cc4ccc(Cl)cc4)C3=N)sc2C)cc1. The summed E-state index contributed by atoms with van der Waals surface area (Å²) < 4.78 is 0. The average Bonchev–Trinajstić information content (AvgIpc) is 3.17. The number of aryl methyl sites for hydroxylation is 2. The van der Waals surface area contributed by atoms with Crippen LogP contribution in [-0.4, -0.2) is 27.4 Å². The van der Waals surface area contributed by atoms with E-state index >= 15 is 0 Å². The van der Waals surface area contributed by atoms with Gasteiger partial charge in [-0.1, -0.05) is 53.6 Å². The highest BCUT2D eigenvalue weighted by Gasteiger charge is 2.30. The smallest absolute Gasteiger partial charge is 0.135 e. The third-order valence-electron chi connectivity index (χ3n) is 4.80. The fraction of sp³-hybridized carbons (Fsp3) is 0.182. The molecule has 2 aromatic carbocycles. The molecule has 0 aliphatic carbocycles. The van der Waals surface area contributed by atoms with E-state index in [1.807, 2.05) is 36.1 Å². The highest BCUT2D eigenvalue weighted by atomic mass is 35.5. The molecular formula is C22H20ClN3OS. The lowest BCUT2D eigenvalue weighted by atomic mass is 10.1. The van der Waals surface area contributed by atoms with Crippen LogP contribution in [0.25, 0.3) is 16.8 Å². The Hall–Kier alpha value is -2.63. The molecule has 0 radical (unpaired) electrons. The fourth-order valence-corrected chi connectivity index (χ4v) is 4.42. The van der Waals surface area contributed by atoms with Crippen molar-refractivity contribution in [3.8, 4) is 11.3 Å². The van der Waals surface area contributed by atoms with Crippen LogP contribution in [0, 0.1) is 19.3 Å². The summed E-state index contributed by atoms with van der Waals surface area (Å²) in [6.45, 7) is 4.94. The third kappa shape index (κ3) is 3.55. The lowest BCUT2D eigenvalue weighted by molar-refractivity contribution is 0.347. The number of nitrogens with one attached hydrogen (secondary N) is 1. The minimum atomic E-state index is 0.197. The van der Waals surface area contributed by atoms with Crippen LogP contribution in [0.3, 0.4) is 0 Å². The maximum Gasteiger partial charge on any atom is 0.135 e. The van der Waals surface area contributed by atoms with E-state index in [0.29, 0.717) is 34.5 Å². The van der Waals surface area contributed by atoms with Gasteiger partial charge in [0.1, 0.15) is 16.6 Å². The van der Waals surface area contributed by atoms with Crippen molar-refractivity contribution >= 4 is 34.3 Å². The minimum Gasteiger partial charge on any atom is -0.510 e. The summed E-state index contributed by atoms with van der Waals surface area (Å²) in [5.74, 6) is 0.500. The van der Waals surface area contributed by atoms with Crippen molar-refractivity contribution in [2.75, 3.05) is 6.54 Å². The number of halogens is 1. The van der Waals surface area contributed by atoms with E-state index in [2.05, 4.69) is 31.2 Å². The van der Waals surface area contributed by atoms with Crippen molar-refractivity contribution in [1.29, 1.82) is 5.41 Å². The molecule has 0 spiro atoms. The van der Waals surface area contributed by atoms with Crippen molar-refractivity contribution in [1.82, 2.24) is 9.88 Å². The molecule has 2 heterocycles. The molecule has 4 rings (SSSR count). The molecule has 0 amide bonds. The quantitative estimate of drug-likeness (QED) is 0.568. The number of rotatable bonds is 4. The summed E-state index contributed by atoms with van der Waals surface area (Å²) in [4.78, 5) is 7.68. The molecule has 28 heavy (non-hydrogen) atoms. The first-order valence-electron chi connectivity index (χ1n) is 8.97. The maximum atomic E-state index is 10.6. The minimum absolute atomic E-state index is 0.197. The largest absolute Gasteiger partial charge is 0.510 e. The molecule has 0 atom stereocenters. The van der Waals surface area contributed by atoms with Gasteiger partial charge in [0.15, 0.2) is 0 Å². The summed E-state index contributed by atoms with van der Waals surface area (Å²) >= 11 is 7.46. The van der Waals surface area contributed by atoms with Gasteiger partial charge in [0.05, 0.1) is 17.8 Å². The Morgan fingerprint density at radius 1 is 1.11 bits per heavy atom.